The van der Waals surface area contributed by atoms with Gasteiger partial charge in [0.05, 0.1) is 11.5 Å². The lowest BCUT2D eigenvalue weighted by Crippen LogP contribution is -2.31. The van der Waals surface area contributed by atoms with Gasteiger partial charge in [-0.2, -0.15) is 0 Å². The topological polar surface area (TPSA) is 66.6 Å². The second-order valence-corrected chi connectivity index (χ2v) is 4.38. The van der Waals surface area contributed by atoms with E-state index in [4.69, 9.17) is 0 Å². The van der Waals surface area contributed by atoms with Gasteiger partial charge in [0.2, 0.25) is 0 Å². The molecule has 0 aromatic heterocycles. The van der Waals surface area contributed by atoms with E-state index in [1.165, 1.54) is 6.07 Å². The maximum absolute atomic E-state index is 10.7. The molecule has 0 amide bonds. The van der Waals surface area contributed by atoms with Crippen LogP contribution in [0.15, 0.2) is 24.3 Å². The van der Waals surface area contributed by atoms with Crippen LogP contribution >= 0.6 is 0 Å². The van der Waals surface area contributed by atoms with Gasteiger partial charge in [0, 0.05) is 24.7 Å². The molecule has 0 radical (unpaired) electrons. The second-order valence-electron chi connectivity index (χ2n) is 4.38. The van der Waals surface area contributed by atoms with Gasteiger partial charge >= 0.3 is 0 Å². The molecular formula is C12H16N2O3. The number of nitro benzene ring substituents is 1. The molecule has 0 saturated carbocycles. The smallest absolute Gasteiger partial charge is 0.269 e. The van der Waals surface area contributed by atoms with Crippen LogP contribution in [-0.4, -0.2) is 34.1 Å². The number of benzene rings is 1. The number of aliphatic hydroxyl groups is 1. The van der Waals surface area contributed by atoms with Crippen molar-refractivity contribution < 1.29 is 10.0 Å². The third kappa shape index (κ3) is 2.81. The maximum atomic E-state index is 10.7. The molecule has 1 saturated heterocycles. The zero-order valence-corrected chi connectivity index (χ0v) is 9.58. The van der Waals surface area contributed by atoms with Crippen LogP contribution in [0.4, 0.5) is 5.69 Å². The molecule has 17 heavy (non-hydrogen) atoms. The number of non-ortho nitro benzene ring substituents is 1. The molecule has 2 rings (SSSR count). The van der Waals surface area contributed by atoms with E-state index in [2.05, 4.69) is 4.90 Å². The van der Waals surface area contributed by atoms with Crippen molar-refractivity contribution in [2.24, 2.45) is 0 Å². The molecule has 1 aromatic rings. The van der Waals surface area contributed by atoms with E-state index in [9.17, 15) is 15.2 Å². The monoisotopic (exact) mass is 236 g/mol. The summed E-state index contributed by atoms with van der Waals surface area (Å²) in [7, 11) is 0. The molecule has 0 spiro atoms. The number of rotatable bonds is 4. The van der Waals surface area contributed by atoms with Crippen molar-refractivity contribution in [2.45, 2.75) is 25.4 Å². The van der Waals surface area contributed by atoms with Gasteiger partial charge in [-0.3, -0.25) is 15.0 Å². The highest BCUT2D eigenvalue weighted by Gasteiger charge is 2.23. The SMILES string of the molecule is O=[N+]([O-])c1cccc(CN2CCCC2CO)c1. The largest absolute Gasteiger partial charge is 0.395 e. The minimum atomic E-state index is -0.378. The summed E-state index contributed by atoms with van der Waals surface area (Å²) < 4.78 is 0. The van der Waals surface area contributed by atoms with E-state index in [0.717, 1.165) is 24.9 Å². The summed E-state index contributed by atoms with van der Waals surface area (Å²) in [4.78, 5) is 12.5. The molecule has 1 atom stereocenters. The van der Waals surface area contributed by atoms with Crippen molar-refractivity contribution in [1.29, 1.82) is 0 Å². The van der Waals surface area contributed by atoms with Crippen molar-refractivity contribution in [3.8, 4) is 0 Å². The third-order valence-electron chi connectivity index (χ3n) is 3.22. The van der Waals surface area contributed by atoms with Gasteiger partial charge in [-0.25, -0.2) is 0 Å². The normalized spacial score (nSPS) is 20.6. The highest BCUT2D eigenvalue weighted by molar-refractivity contribution is 5.34. The predicted octanol–water partition coefficient (Wildman–Crippen LogP) is 1.55. The lowest BCUT2D eigenvalue weighted by Gasteiger charge is -2.22. The van der Waals surface area contributed by atoms with Gasteiger partial charge in [-0.05, 0) is 24.9 Å². The average molecular weight is 236 g/mol. The molecule has 92 valence electrons. The Hall–Kier alpha value is -1.46. The fourth-order valence-corrected chi connectivity index (χ4v) is 2.31. The van der Waals surface area contributed by atoms with Gasteiger partial charge in [-0.1, -0.05) is 12.1 Å². The Balaban J connectivity index is 2.07. The Bertz CT molecular complexity index is 408. The molecular weight excluding hydrogens is 220 g/mol. The molecule has 5 nitrogen and oxygen atoms in total. The van der Waals surface area contributed by atoms with Gasteiger partial charge in [0.1, 0.15) is 0 Å². The summed E-state index contributed by atoms with van der Waals surface area (Å²) in [6, 6.07) is 6.90. The quantitative estimate of drug-likeness (QED) is 0.636. The number of hydrogen-bond donors (Lipinski definition) is 1. The van der Waals surface area contributed by atoms with Crippen molar-refractivity contribution >= 4 is 5.69 Å². The summed E-state index contributed by atoms with van der Waals surface area (Å²) in [5.74, 6) is 0. The van der Waals surface area contributed by atoms with Crippen molar-refractivity contribution in [3.63, 3.8) is 0 Å². The van der Waals surface area contributed by atoms with Crippen LogP contribution < -0.4 is 0 Å². The lowest BCUT2D eigenvalue weighted by atomic mass is 10.1. The highest BCUT2D eigenvalue weighted by Crippen LogP contribution is 2.21. The average Bonchev–Trinajstić information content (AvgIpc) is 2.76. The Morgan fingerprint density at radius 1 is 1.53 bits per heavy atom. The molecule has 0 aliphatic carbocycles. The number of nitro groups is 1. The summed E-state index contributed by atoms with van der Waals surface area (Å²) in [6.45, 7) is 1.79. The van der Waals surface area contributed by atoms with E-state index >= 15 is 0 Å². The van der Waals surface area contributed by atoms with Crippen LogP contribution in [0, 0.1) is 10.1 Å². The van der Waals surface area contributed by atoms with Crippen molar-refractivity contribution in [3.05, 3.63) is 39.9 Å². The minimum Gasteiger partial charge on any atom is -0.395 e. The van der Waals surface area contributed by atoms with Gasteiger partial charge in [0.15, 0.2) is 0 Å². The molecule has 1 fully saturated rings. The van der Waals surface area contributed by atoms with Crippen LogP contribution in [-0.2, 0) is 6.54 Å². The fraction of sp³-hybridized carbons (Fsp3) is 0.500. The first kappa shape index (κ1) is 12.0. The zero-order chi connectivity index (χ0) is 12.3. The van der Waals surface area contributed by atoms with E-state index in [1.807, 2.05) is 6.07 Å². The van der Waals surface area contributed by atoms with Crippen LogP contribution in [0.25, 0.3) is 0 Å². The van der Waals surface area contributed by atoms with Crippen LogP contribution in [0.1, 0.15) is 18.4 Å². The van der Waals surface area contributed by atoms with Gasteiger partial charge in [0.25, 0.3) is 5.69 Å². The molecule has 1 unspecified atom stereocenters. The van der Waals surface area contributed by atoms with E-state index in [0.29, 0.717) is 6.54 Å². The predicted molar refractivity (Wildman–Crippen MR) is 63.6 cm³/mol. The summed E-state index contributed by atoms with van der Waals surface area (Å²) in [5, 5.41) is 19.9. The van der Waals surface area contributed by atoms with Crippen LogP contribution in [0.5, 0.6) is 0 Å². The van der Waals surface area contributed by atoms with Gasteiger partial charge in [-0.15, -0.1) is 0 Å². The summed E-state index contributed by atoms with van der Waals surface area (Å²) in [6.07, 6.45) is 2.09. The molecule has 1 heterocycles. The van der Waals surface area contributed by atoms with E-state index in [1.54, 1.807) is 12.1 Å². The van der Waals surface area contributed by atoms with Gasteiger partial charge < -0.3 is 5.11 Å². The van der Waals surface area contributed by atoms with Crippen molar-refractivity contribution in [1.82, 2.24) is 4.90 Å². The standard InChI is InChI=1S/C12H16N2O3/c15-9-12-5-2-6-13(12)8-10-3-1-4-11(7-10)14(16)17/h1,3-4,7,12,15H,2,5-6,8-9H2. The molecule has 1 aromatic carbocycles. The number of aliphatic hydroxyl groups excluding tert-OH is 1. The second kappa shape index (κ2) is 5.25. The first-order valence-corrected chi connectivity index (χ1v) is 5.79. The van der Waals surface area contributed by atoms with Crippen LogP contribution in [0.3, 0.4) is 0 Å². The highest BCUT2D eigenvalue weighted by atomic mass is 16.6. The first-order chi connectivity index (χ1) is 8.20. The molecule has 1 N–H and O–H groups in total. The zero-order valence-electron chi connectivity index (χ0n) is 9.58. The number of likely N-dealkylation sites (tertiary alicyclic amines) is 1. The number of hydrogen-bond acceptors (Lipinski definition) is 4. The van der Waals surface area contributed by atoms with E-state index < -0.39 is 0 Å². The Labute approximate surface area is 99.8 Å². The minimum absolute atomic E-state index is 0.127. The molecule has 0 bridgehead atoms. The van der Waals surface area contributed by atoms with E-state index in [-0.39, 0.29) is 23.3 Å². The summed E-state index contributed by atoms with van der Waals surface area (Å²) in [5.41, 5.74) is 1.06. The first-order valence-electron chi connectivity index (χ1n) is 5.79. The molecule has 1 aliphatic heterocycles. The Morgan fingerprint density at radius 3 is 3.06 bits per heavy atom. The molecule has 1 aliphatic rings. The van der Waals surface area contributed by atoms with Crippen LogP contribution in [0.2, 0.25) is 0 Å². The third-order valence-corrected chi connectivity index (χ3v) is 3.22. The lowest BCUT2D eigenvalue weighted by molar-refractivity contribution is -0.384. The van der Waals surface area contributed by atoms with Crippen molar-refractivity contribution in [2.75, 3.05) is 13.2 Å². The summed E-state index contributed by atoms with van der Waals surface area (Å²) >= 11 is 0. The maximum Gasteiger partial charge on any atom is 0.269 e. The fourth-order valence-electron chi connectivity index (χ4n) is 2.31. The number of nitrogens with zero attached hydrogens (tertiary/aromatic N) is 2. The Kier molecular flexibility index (Phi) is 3.71. The Morgan fingerprint density at radius 2 is 2.35 bits per heavy atom. The molecule has 5 heteroatoms.